The molecule has 2 rings (SSSR count). The van der Waals surface area contributed by atoms with Crippen molar-refractivity contribution in [2.75, 3.05) is 10.5 Å². The average molecular weight is 361 g/mol. The van der Waals surface area contributed by atoms with Gasteiger partial charge in [0.15, 0.2) is 0 Å². The number of anilines is 1. The predicted molar refractivity (Wildman–Crippen MR) is 91.3 cm³/mol. The molecule has 1 fully saturated rings. The SMILES string of the molecule is CCS(=O)(=O)Nc1ccc(S(=O)(=O)N2[C@H](C)CCC[C@@H]2C)cc1. The van der Waals surface area contributed by atoms with Crippen LogP contribution in [0.4, 0.5) is 5.69 Å². The molecule has 0 aliphatic carbocycles. The first kappa shape index (κ1) is 18.2. The summed E-state index contributed by atoms with van der Waals surface area (Å²) in [4.78, 5) is 0.192. The molecule has 0 unspecified atom stereocenters. The summed E-state index contributed by atoms with van der Waals surface area (Å²) in [7, 11) is -6.94. The van der Waals surface area contributed by atoms with E-state index in [2.05, 4.69) is 4.72 Å². The lowest BCUT2D eigenvalue weighted by Crippen LogP contribution is -2.47. The van der Waals surface area contributed by atoms with Crippen molar-refractivity contribution in [1.29, 1.82) is 0 Å². The van der Waals surface area contributed by atoms with Crippen molar-refractivity contribution < 1.29 is 16.8 Å². The molecule has 1 N–H and O–H groups in total. The maximum atomic E-state index is 12.8. The van der Waals surface area contributed by atoms with Gasteiger partial charge in [0.05, 0.1) is 10.6 Å². The van der Waals surface area contributed by atoms with E-state index in [1.807, 2.05) is 13.8 Å². The summed E-state index contributed by atoms with van der Waals surface area (Å²) in [5.41, 5.74) is 0.366. The Bertz CT molecular complexity index is 732. The zero-order valence-corrected chi connectivity index (χ0v) is 15.3. The summed E-state index contributed by atoms with van der Waals surface area (Å²) in [6.45, 7) is 5.40. The highest BCUT2D eigenvalue weighted by Gasteiger charge is 2.35. The number of nitrogens with one attached hydrogen (secondary N) is 1. The summed E-state index contributed by atoms with van der Waals surface area (Å²) in [6, 6.07) is 5.83. The van der Waals surface area contributed by atoms with Crippen molar-refractivity contribution in [3.63, 3.8) is 0 Å². The van der Waals surface area contributed by atoms with E-state index in [-0.39, 0.29) is 22.7 Å². The lowest BCUT2D eigenvalue weighted by atomic mass is 10.0. The Labute approximate surface area is 139 Å². The molecule has 0 saturated carbocycles. The molecule has 130 valence electrons. The van der Waals surface area contributed by atoms with Crippen molar-refractivity contribution >= 4 is 25.7 Å². The second kappa shape index (κ2) is 6.78. The summed E-state index contributed by atoms with van der Waals surface area (Å²) >= 11 is 0. The Morgan fingerprint density at radius 2 is 1.57 bits per heavy atom. The Balaban J connectivity index is 2.27. The average Bonchev–Trinajstić information content (AvgIpc) is 2.47. The molecular weight excluding hydrogens is 336 g/mol. The molecule has 8 heteroatoms. The minimum atomic E-state index is -3.57. The minimum Gasteiger partial charge on any atom is -0.284 e. The molecule has 1 aromatic rings. The lowest BCUT2D eigenvalue weighted by molar-refractivity contribution is 0.204. The van der Waals surface area contributed by atoms with Crippen molar-refractivity contribution in [1.82, 2.24) is 4.31 Å². The molecule has 0 aromatic heterocycles. The molecule has 23 heavy (non-hydrogen) atoms. The van der Waals surface area contributed by atoms with Gasteiger partial charge in [-0.2, -0.15) is 4.31 Å². The van der Waals surface area contributed by atoms with E-state index in [9.17, 15) is 16.8 Å². The van der Waals surface area contributed by atoms with E-state index in [1.165, 1.54) is 24.3 Å². The third kappa shape index (κ3) is 4.05. The van der Waals surface area contributed by atoms with Crippen LogP contribution in [0, 0.1) is 0 Å². The van der Waals surface area contributed by atoms with Gasteiger partial charge >= 0.3 is 0 Å². The highest BCUT2D eigenvalue weighted by molar-refractivity contribution is 7.92. The van der Waals surface area contributed by atoms with Crippen LogP contribution in [0.2, 0.25) is 0 Å². The van der Waals surface area contributed by atoms with Gasteiger partial charge in [0.25, 0.3) is 0 Å². The maximum absolute atomic E-state index is 12.8. The van der Waals surface area contributed by atoms with Crippen molar-refractivity contribution in [3.8, 4) is 0 Å². The second-order valence-corrected chi connectivity index (χ2v) is 9.85. The molecule has 0 radical (unpaired) electrons. The molecule has 0 spiro atoms. The molecule has 2 atom stereocenters. The van der Waals surface area contributed by atoms with Crippen LogP contribution in [0.1, 0.15) is 40.0 Å². The van der Waals surface area contributed by atoms with Crippen LogP contribution in [0.3, 0.4) is 0 Å². The number of piperidine rings is 1. The predicted octanol–water partition coefficient (Wildman–Crippen LogP) is 2.40. The third-order valence-corrected chi connectivity index (χ3v) is 7.65. The quantitative estimate of drug-likeness (QED) is 0.874. The largest absolute Gasteiger partial charge is 0.284 e. The first-order chi connectivity index (χ1) is 10.7. The maximum Gasteiger partial charge on any atom is 0.243 e. The van der Waals surface area contributed by atoms with E-state index >= 15 is 0 Å². The first-order valence-electron chi connectivity index (χ1n) is 7.81. The van der Waals surface area contributed by atoms with Crippen LogP contribution in [-0.2, 0) is 20.0 Å². The Morgan fingerprint density at radius 1 is 1.04 bits per heavy atom. The van der Waals surface area contributed by atoms with Gasteiger partial charge in [0.1, 0.15) is 0 Å². The fourth-order valence-corrected chi connectivity index (χ4v) is 5.46. The molecule has 1 heterocycles. The van der Waals surface area contributed by atoms with Gasteiger partial charge in [-0.25, -0.2) is 16.8 Å². The summed E-state index contributed by atoms with van der Waals surface area (Å²) in [5.74, 6) is -0.0319. The number of nitrogens with zero attached hydrogens (tertiary/aromatic N) is 1. The smallest absolute Gasteiger partial charge is 0.243 e. The molecular formula is C15H24N2O4S2. The Morgan fingerprint density at radius 3 is 2.04 bits per heavy atom. The number of rotatable bonds is 5. The summed E-state index contributed by atoms with van der Waals surface area (Å²) in [6.07, 6.45) is 2.75. The van der Waals surface area contributed by atoms with Crippen LogP contribution in [0.15, 0.2) is 29.2 Å². The van der Waals surface area contributed by atoms with Gasteiger partial charge in [-0.05, 0) is 57.9 Å². The summed E-state index contributed by atoms with van der Waals surface area (Å²) < 4.78 is 52.8. The fourth-order valence-electron chi connectivity index (χ4n) is 2.94. The number of hydrogen-bond donors (Lipinski definition) is 1. The van der Waals surface area contributed by atoms with E-state index < -0.39 is 20.0 Å². The lowest BCUT2D eigenvalue weighted by Gasteiger charge is -2.37. The zero-order valence-electron chi connectivity index (χ0n) is 13.7. The normalized spacial score (nSPS) is 23.6. The summed E-state index contributed by atoms with van der Waals surface area (Å²) in [5, 5.41) is 0. The van der Waals surface area contributed by atoms with Gasteiger partial charge in [0, 0.05) is 17.8 Å². The van der Waals surface area contributed by atoms with Crippen LogP contribution in [0.5, 0.6) is 0 Å². The number of benzene rings is 1. The highest BCUT2D eigenvalue weighted by atomic mass is 32.2. The molecule has 0 bridgehead atoms. The molecule has 1 aliphatic rings. The van der Waals surface area contributed by atoms with Crippen LogP contribution < -0.4 is 4.72 Å². The number of hydrogen-bond acceptors (Lipinski definition) is 4. The van der Waals surface area contributed by atoms with Gasteiger partial charge in [-0.15, -0.1) is 0 Å². The topological polar surface area (TPSA) is 83.5 Å². The monoisotopic (exact) mass is 360 g/mol. The third-order valence-electron chi connectivity index (χ3n) is 4.20. The highest BCUT2D eigenvalue weighted by Crippen LogP contribution is 2.30. The van der Waals surface area contributed by atoms with Gasteiger partial charge in [-0.1, -0.05) is 6.42 Å². The van der Waals surface area contributed by atoms with E-state index in [1.54, 1.807) is 11.2 Å². The molecule has 0 amide bonds. The van der Waals surface area contributed by atoms with E-state index in [4.69, 9.17) is 0 Å². The minimum absolute atomic E-state index is 0.0259. The van der Waals surface area contributed by atoms with Crippen LogP contribution in [-0.4, -0.2) is 39.0 Å². The molecule has 1 aliphatic heterocycles. The molecule has 6 nitrogen and oxygen atoms in total. The molecule has 1 saturated heterocycles. The van der Waals surface area contributed by atoms with Crippen LogP contribution >= 0.6 is 0 Å². The number of sulfonamides is 2. The van der Waals surface area contributed by atoms with Crippen LogP contribution in [0.25, 0.3) is 0 Å². The van der Waals surface area contributed by atoms with Crippen molar-refractivity contribution in [2.45, 2.75) is 57.0 Å². The van der Waals surface area contributed by atoms with Gasteiger partial charge < -0.3 is 0 Å². The van der Waals surface area contributed by atoms with Gasteiger partial charge in [-0.3, -0.25) is 4.72 Å². The Hall–Kier alpha value is -1.12. The van der Waals surface area contributed by atoms with E-state index in [0.29, 0.717) is 5.69 Å². The fraction of sp³-hybridized carbons (Fsp3) is 0.600. The standard InChI is InChI=1S/C15H24N2O4S2/c1-4-22(18,19)16-14-8-10-15(11-9-14)23(20,21)17-12(2)6-5-7-13(17)3/h8-13,16H,4-7H2,1-3H3/t12-,13+. The van der Waals surface area contributed by atoms with E-state index in [0.717, 1.165) is 19.3 Å². The zero-order chi connectivity index (χ0) is 17.3. The second-order valence-electron chi connectivity index (χ2n) is 5.99. The van der Waals surface area contributed by atoms with Gasteiger partial charge in [0.2, 0.25) is 20.0 Å². The van der Waals surface area contributed by atoms with Crippen molar-refractivity contribution in [3.05, 3.63) is 24.3 Å². The van der Waals surface area contributed by atoms with Crippen molar-refractivity contribution in [2.24, 2.45) is 0 Å². The first-order valence-corrected chi connectivity index (χ1v) is 10.9. The Kier molecular flexibility index (Phi) is 5.37. The molecule has 1 aromatic carbocycles.